The van der Waals surface area contributed by atoms with Crippen LogP contribution < -0.4 is 0 Å². The molecule has 0 atom stereocenters. The zero-order chi connectivity index (χ0) is 9.54. The molecule has 0 aliphatic carbocycles. The molecule has 1 aliphatic heterocycles. The maximum atomic E-state index is 5.36. The fourth-order valence-corrected chi connectivity index (χ4v) is 1.92. The number of nitrogens with zero attached hydrogens (tertiary/aromatic N) is 1. The van der Waals surface area contributed by atoms with Crippen molar-refractivity contribution in [2.75, 3.05) is 0 Å². The summed E-state index contributed by atoms with van der Waals surface area (Å²) in [6.45, 7) is 5.39. The molecule has 2 nitrogen and oxygen atoms in total. The van der Waals surface area contributed by atoms with Crippen molar-refractivity contribution in [1.82, 2.24) is 4.98 Å². The minimum Gasteiger partial charge on any atom is -0.370 e. The SMILES string of the molecule is [CH2]c1c2c(nc3ccccc13)COC2. The highest BCUT2D eigenvalue weighted by Gasteiger charge is 2.16. The van der Waals surface area contributed by atoms with E-state index in [4.69, 9.17) is 4.74 Å². The molecule has 3 rings (SSSR count). The standard InChI is InChI=1S/C12H10NO/c1-8-9-4-2-3-5-11(9)13-12-7-14-6-10(8)12/h2-5H,1,6-7H2. The van der Waals surface area contributed by atoms with Crippen LogP contribution in [0, 0.1) is 6.92 Å². The molecular weight excluding hydrogens is 174 g/mol. The Morgan fingerprint density at radius 3 is 3.00 bits per heavy atom. The predicted molar refractivity (Wildman–Crippen MR) is 54.7 cm³/mol. The molecule has 1 aromatic heterocycles. The summed E-state index contributed by atoms with van der Waals surface area (Å²) in [5, 5.41) is 1.14. The van der Waals surface area contributed by atoms with Crippen molar-refractivity contribution in [3.8, 4) is 0 Å². The monoisotopic (exact) mass is 184 g/mol. The molecule has 2 aromatic rings. The van der Waals surface area contributed by atoms with Gasteiger partial charge in [-0.1, -0.05) is 18.2 Å². The predicted octanol–water partition coefficient (Wildman–Crippen LogP) is 2.45. The average molecular weight is 184 g/mol. The highest BCUT2D eigenvalue weighted by Crippen LogP contribution is 2.27. The van der Waals surface area contributed by atoms with Crippen molar-refractivity contribution in [2.45, 2.75) is 13.2 Å². The molecule has 0 N–H and O–H groups in total. The van der Waals surface area contributed by atoms with Crippen LogP contribution in [0.25, 0.3) is 10.9 Å². The fourth-order valence-electron chi connectivity index (χ4n) is 1.92. The van der Waals surface area contributed by atoms with Gasteiger partial charge in [0, 0.05) is 10.9 Å². The van der Waals surface area contributed by atoms with E-state index in [9.17, 15) is 0 Å². The maximum Gasteiger partial charge on any atom is 0.0896 e. The molecule has 0 saturated heterocycles. The number of rotatable bonds is 0. The molecule has 1 aromatic carbocycles. The minimum absolute atomic E-state index is 0.628. The summed E-state index contributed by atoms with van der Waals surface area (Å²) in [7, 11) is 0. The normalized spacial score (nSPS) is 14.6. The molecule has 0 fully saturated rings. The molecule has 0 saturated carbocycles. The summed E-state index contributed by atoms with van der Waals surface area (Å²) in [6, 6.07) is 8.09. The van der Waals surface area contributed by atoms with E-state index >= 15 is 0 Å². The molecule has 2 heteroatoms. The lowest BCUT2D eigenvalue weighted by atomic mass is 10.0. The molecule has 1 radical (unpaired) electrons. The van der Waals surface area contributed by atoms with E-state index in [2.05, 4.69) is 18.0 Å². The van der Waals surface area contributed by atoms with E-state index in [1.165, 1.54) is 5.56 Å². The van der Waals surface area contributed by atoms with Crippen molar-refractivity contribution in [2.24, 2.45) is 0 Å². The Bertz CT molecular complexity index is 505. The number of aromatic nitrogens is 1. The van der Waals surface area contributed by atoms with Crippen LogP contribution in [-0.4, -0.2) is 4.98 Å². The first kappa shape index (κ1) is 7.94. The second-order valence-electron chi connectivity index (χ2n) is 3.53. The third kappa shape index (κ3) is 0.976. The first-order chi connectivity index (χ1) is 6.86. The Balaban J connectivity index is 2.44. The smallest absolute Gasteiger partial charge is 0.0896 e. The first-order valence-corrected chi connectivity index (χ1v) is 4.66. The quantitative estimate of drug-likeness (QED) is 0.627. The zero-order valence-corrected chi connectivity index (χ0v) is 7.79. The van der Waals surface area contributed by atoms with Gasteiger partial charge in [-0.3, -0.25) is 0 Å². The number of benzene rings is 1. The van der Waals surface area contributed by atoms with Gasteiger partial charge >= 0.3 is 0 Å². The summed E-state index contributed by atoms with van der Waals surface area (Å²) < 4.78 is 5.36. The largest absolute Gasteiger partial charge is 0.370 e. The molecule has 1 aliphatic rings. The maximum absolute atomic E-state index is 5.36. The van der Waals surface area contributed by atoms with Crippen LogP contribution in [0.3, 0.4) is 0 Å². The zero-order valence-electron chi connectivity index (χ0n) is 7.79. The third-order valence-electron chi connectivity index (χ3n) is 2.68. The van der Waals surface area contributed by atoms with Gasteiger partial charge in [0.25, 0.3) is 0 Å². The van der Waals surface area contributed by atoms with Crippen molar-refractivity contribution in [3.63, 3.8) is 0 Å². The Morgan fingerprint density at radius 2 is 2.07 bits per heavy atom. The van der Waals surface area contributed by atoms with Gasteiger partial charge < -0.3 is 4.74 Å². The lowest BCUT2D eigenvalue weighted by Crippen LogP contribution is -1.93. The summed E-state index contributed by atoms with van der Waals surface area (Å²) >= 11 is 0. The van der Waals surface area contributed by atoms with Crippen LogP contribution in [0.5, 0.6) is 0 Å². The van der Waals surface area contributed by atoms with E-state index < -0.39 is 0 Å². The number of fused-ring (bicyclic) bond motifs is 2. The van der Waals surface area contributed by atoms with Gasteiger partial charge in [0.1, 0.15) is 0 Å². The van der Waals surface area contributed by atoms with Gasteiger partial charge in [-0.25, -0.2) is 4.98 Å². The van der Waals surface area contributed by atoms with E-state index in [0.717, 1.165) is 22.2 Å². The Morgan fingerprint density at radius 1 is 1.21 bits per heavy atom. The number of pyridine rings is 1. The molecular formula is C12H10NO. The number of para-hydroxylation sites is 1. The molecule has 0 amide bonds. The minimum atomic E-state index is 0.628. The van der Waals surface area contributed by atoms with Gasteiger partial charge in [-0.05, 0) is 18.6 Å². The average Bonchev–Trinajstić information content (AvgIpc) is 2.66. The second-order valence-corrected chi connectivity index (χ2v) is 3.53. The molecule has 0 bridgehead atoms. The second kappa shape index (κ2) is 2.79. The van der Waals surface area contributed by atoms with Crippen molar-refractivity contribution >= 4 is 10.9 Å². The number of hydrogen-bond acceptors (Lipinski definition) is 2. The van der Waals surface area contributed by atoms with E-state index in [1.54, 1.807) is 0 Å². The Hall–Kier alpha value is -1.41. The summed E-state index contributed by atoms with van der Waals surface area (Å²) in [5.74, 6) is 0. The van der Waals surface area contributed by atoms with Crippen LogP contribution in [0.4, 0.5) is 0 Å². The van der Waals surface area contributed by atoms with E-state index in [-0.39, 0.29) is 0 Å². The van der Waals surface area contributed by atoms with Crippen LogP contribution in [0.15, 0.2) is 24.3 Å². The van der Waals surface area contributed by atoms with Crippen LogP contribution in [0.1, 0.15) is 16.8 Å². The van der Waals surface area contributed by atoms with Gasteiger partial charge in [0.15, 0.2) is 0 Å². The molecule has 14 heavy (non-hydrogen) atoms. The van der Waals surface area contributed by atoms with Gasteiger partial charge in [-0.2, -0.15) is 0 Å². The fraction of sp³-hybridized carbons (Fsp3) is 0.167. The first-order valence-electron chi connectivity index (χ1n) is 4.66. The highest BCUT2D eigenvalue weighted by molar-refractivity contribution is 5.84. The van der Waals surface area contributed by atoms with Gasteiger partial charge in [-0.15, -0.1) is 0 Å². The lowest BCUT2D eigenvalue weighted by Gasteiger charge is -2.05. The van der Waals surface area contributed by atoms with E-state index in [0.29, 0.717) is 13.2 Å². The molecule has 0 unspecified atom stereocenters. The molecule has 2 heterocycles. The number of ether oxygens (including phenoxy) is 1. The van der Waals surface area contributed by atoms with Crippen molar-refractivity contribution in [3.05, 3.63) is 48.0 Å². The molecule has 0 spiro atoms. The summed E-state index contributed by atoms with van der Waals surface area (Å²) in [4.78, 5) is 4.55. The Kier molecular flexibility index (Phi) is 1.58. The lowest BCUT2D eigenvalue weighted by molar-refractivity contribution is 0.133. The van der Waals surface area contributed by atoms with E-state index in [1.807, 2.05) is 18.2 Å². The van der Waals surface area contributed by atoms with Crippen molar-refractivity contribution < 1.29 is 4.74 Å². The highest BCUT2D eigenvalue weighted by atomic mass is 16.5. The molecule has 69 valence electrons. The van der Waals surface area contributed by atoms with Crippen LogP contribution in [-0.2, 0) is 18.0 Å². The van der Waals surface area contributed by atoms with Gasteiger partial charge in [0.05, 0.1) is 24.4 Å². The third-order valence-corrected chi connectivity index (χ3v) is 2.68. The summed E-state index contributed by atoms with van der Waals surface area (Å²) in [5.41, 5.74) is 4.31. The van der Waals surface area contributed by atoms with Crippen LogP contribution >= 0.6 is 0 Å². The Labute approximate surface area is 82.5 Å². The van der Waals surface area contributed by atoms with Gasteiger partial charge in [0.2, 0.25) is 0 Å². The number of hydrogen-bond donors (Lipinski definition) is 0. The van der Waals surface area contributed by atoms with Crippen LogP contribution in [0.2, 0.25) is 0 Å². The summed E-state index contributed by atoms with van der Waals surface area (Å²) in [6.07, 6.45) is 0. The topological polar surface area (TPSA) is 22.1 Å². The van der Waals surface area contributed by atoms with Crippen molar-refractivity contribution in [1.29, 1.82) is 0 Å².